The van der Waals surface area contributed by atoms with E-state index in [1.807, 2.05) is 35.0 Å². The molecule has 1 heterocycles. The quantitative estimate of drug-likeness (QED) is 0.773. The third-order valence-corrected chi connectivity index (χ3v) is 3.93. The summed E-state index contributed by atoms with van der Waals surface area (Å²) >= 11 is 3.44. The Morgan fingerprint density at radius 1 is 1.05 bits per heavy atom. The lowest BCUT2D eigenvalue weighted by atomic mass is 10.1. The number of aromatic nitrogens is 2. The molecule has 0 bridgehead atoms. The first-order valence-electron chi connectivity index (χ1n) is 6.76. The molecule has 0 aliphatic rings. The number of hydrogen-bond donors (Lipinski definition) is 1. The molecular formula is C17H16BrN3. The first-order chi connectivity index (χ1) is 10.1. The van der Waals surface area contributed by atoms with Crippen molar-refractivity contribution in [2.24, 2.45) is 0 Å². The van der Waals surface area contributed by atoms with E-state index in [4.69, 9.17) is 5.73 Å². The highest BCUT2D eigenvalue weighted by molar-refractivity contribution is 9.10. The van der Waals surface area contributed by atoms with E-state index >= 15 is 0 Å². The number of anilines is 1. The van der Waals surface area contributed by atoms with Crippen LogP contribution in [0.1, 0.15) is 11.1 Å². The predicted octanol–water partition coefficient (Wildman–Crippen LogP) is 4.25. The minimum Gasteiger partial charge on any atom is -0.384 e. The van der Waals surface area contributed by atoms with E-state index in [2.05, 4.69) is 52.2 Å². The summed E-state index contributed by atoms with van der Waals surface area (Å²) in [6.45, 7) is 2.76. The lowest BCUT2D eigenvalue weighted by Gasteiger charge is -2.04. The second-order valence-corrected chi connectivity index (χ2v) is 6.02. The van der Waals surface area contributed by atoms with Crippen molar-refractivity contribution in [3.63, 3.8) is 0 Å². The Balaban J connectivity index is 1.87. The van der Waals surface area contributed by atoms with Gasteiger partial charge in [-0.3, -0.25) is 0 Å². The smallest absolute Gasteiger partial charge is 0.122 e. The molecule has 0 aliphatic heterocycles. The molecule has 0 radical (unpaired) electrons. The van der Waals surface area contributed by atoms with Gasteiger partial charge in [0.2, 0.25) is 0 Å². The molecule has 2 N–H and O–H groups in total. The largest absolute Gasteiger partial charge is 0.384 e. The molecule has 0 unspecified atom stereocenters. The maximum atomic E-state index is 6.08. The Labute approximate surface area is 132 Å². The molecule has 0 fully saturated rings. The van der Waals surface area contributed by atoms with Crippen molar-refractivity contribution in [1.82, 2.24) is 9.78 Å². The first kappa shape index (κ1) is 13.9. The molecule has 3 rings (SSSR count). The SMILES string of the molecule is Cc1ccc(Cn2nc(-c3ccc(Br)cc3)cc2N)cc1. The third-order valence-electron chi connectivity index (χ3n) is 3.40. The second kappa shape index (κ2) is 5.74. The summed E-state index contributed by atoms with van der Waals surface area (Å²) < 4.78 is 2.89. The summed E-state index contributed by atoms with van der Waals surface area (Å²) in [7, 11) is 0. The minimum absolute atomic E-state index is 0.675. The maximum Gasteiger partial charge on any atom is 0.122 e. The van der Waals surface area contributed by atoms with Crippen LogP contribution in [0.4, 0.5) is 5.82 Å². The first-order valence-corrected chi connectivity index (χ1v) is 7.56. The van der Waals surface area contributed by atoms with Crippen LogP contribution in [-0.4, -0.2) is 9.78 Å². The summed E-state index contributed by atoms with van der Waals surface area (Å²) in [5.74, 6) is 0.675. The van der Waals surface area contributed by atoms with Crippen LogP contribution in [0.15, 0.2) is 59.1 Å². The van der Waals surface area contributed by atoms with Gasteiger partial charge in [0.15, 0.2) is 0 Å². The fraction of sp³-hybridized carbons (Fsp3) is 0.118. The van der Waals surface area contributed by atoms with Gasteiger partial charge in [0.25, 0.3) is 0 Å². The van der Waals surface area contributed by atoms with Crippen molar-refractivity contribution in [3.8, 4) is 11.3 Å². The van der Waals surface area contributed by atoms with Crippen LogP contribution in [0, 0.1) is 6.92 Å². The van der Waals surface area contributed by atoms with Crippen molar-refractivity contribution in [2.45, 2.75) is 13.5 Å². The maximum absolute atomic E-state index is 6.08. The number of nitrogens with zero attached hydrogens (tertiary/aromatic N) is 2. The van der Waals surface area contributed by atoms with E-state index in [1.54, 1.807) is 0 Å². The molecule has 21 heavy (non-hydrogen) atoms. The molecule has 0 spiro atoms. The Bertz CT molecular complexity index is 743. The number of nitrogens with two attached hydrogens (primary N) is 1. The number of benzene rings is 2. The van der Waals surface area contributed by atoms with Gasteiger partial charge in [0, 0.05) is 16.1 Å². The minimum atomic E-state index is 0.675. The average molecular weight is 342 g/mol. The third kappa shape index (κ3) is 3.16. The van der Waals surface area contributed by atoms with Gasteiger partial charge in [-0.25, -0.2) is 4.68 Å². The summed E-state index contributed by atoms with van der Waals surface area (Å²) in [6.07, 6.45) is 0. The normalized spacial score (nSPS) is 10.8. The lowest BCUT2D eigenvalue weighted by Crippen LogP contribution is -2.05. The molecule has 2 aromatic carbocycles. The predicted molar refractivity (Wildman–Crippen MR) is 90.1 cm³/mol. The zero-order chi connectivity index (χ0) is 14.8. The molecule has 3 aromatic rings. The van der Waals surface area contributed by atoms with Crippen molar-refractivity contribution in [3.05, 3.63) is 70.2 Å². The molecule has 0 saturated carbocycles. The standard InChI is InChI=1S/C17H16BrN3/c1-12-2-4-13(5-3-12)11-21-17(19)10-16(20-21)14-6-8-15(18)9-7-14/h2-10H,11,19H2,1H3. The van der Waals surface area contributed by atoms with Crippen molar-refractivity contribution in [2.75, 3.05) is 5.73 Å². The summed E-state index contributed by atoms with van der Waals surface area (Å²) in [5, 5.41) is 4.60. The topological polar surface area (TPSA) is 43.8 Å². The summed E-state index contributed by atoms with van der Waals surface area (Å²) in [4.78, 5) is 0. The highest BCUT2D eigenvalue weighted by Crippen LogP contribution is 2.23. The van der Waals surface area contributed by atoms with Gasteiger partial charge in [-0.1, -0.05) is 57.9 Å². The van der Waals surface area contributed by atoms with Gasteiger partial charge in [-0.2, -0.15) is 5.10 Å². The zero-order valence-electron chi connectivity index (χ0n) is 11.8. The van der Waals surface area contributed by atoms with E-state index in [1.165, 1.54) is 11.1 Å². The molecule has 0 saturated heterocycles. The second-order valence-electron chi connectivity index (χ2n) is 5.10. The van der Waals surface area contributed by atoms with Crippen LogP contribution in [0.2, 0.25) is 0 Å². The van der Waals surface area contributed by atoms with Crippen LogP contribution in [0.5, 0.6) is 0 Å². The van der Waals surface area contributed by atoms with Crippen LogP contribution >= 0.6 is 15.9 Å². The zero-order valence-corrected chi connectivity index (χ0v) is 13.3. The Morgan fingerprint density at radius 3 is 2.38 bits per heavy atom. The molecule has 106 valence electrons. The van der Waals surface area contributed by atoms with Gasteiger partial charge >= 0.3 is 0 Å². The van der Waals surface area contributed by atoms with Crippen LogP contribution in [0.25, 0.3) is 11.3 Å². The highest BCUT2D eigenvalue weighted by atomic mass is 79.9. The molecule has 4 heteroatoms. The highest BCUT2D eigenvalue weighted by Gasteiger charge is 2.07. The van der Waals surface area contributed by atoms with Gasteiger partial charge in [-0.05, 0) is 24.6 Å². The van der Waals surface area contributed by atoms with Gasteiger partial charge < -0.3 is 5.73 Å². The van der Waals surface area contributed by atoms with Crippen LogP contribution < -0.4 is 5.73 Å². The van der Waals surface area contributed by atoms with E-state index < -0.39 is 0 Å². The monoisotopic (exact) mass is 341 g/mol. The van der Waals surface area contributed by atoms with Crippen molar-refractivity contribution < 1.29 is 0 Å². The van der Waals surface area contributed by atoms with Crippen LogP contribution in [0.3, 0.4) is 0 Å². The average Bonchev–Trinajstić information content (AvgIpc) is 2.83. The fourth-order valence-electron chi connectivity index (χ4n) is 2.19. The number of rotatable bonds is 3. The van der Waals surface area contributed by atoms with Gasteiger partial charge in [-0.15, -0.1) is 0 Å². The Kier molecular flexibility index (Phi) is 3.80. The lowest BCUT2D eigenvalue weighted by molar-refractivity contribution is 0.699. The molecular weight excluding hydrogens is 326 g/mol. The van der Waals surface area contributed by atoms with Crippen molar-refractivity contribution in [1.29, 1.82) is 0 Å². The Morgan fingerprint density at radius 2 is 1.71 bits per heavy atom. The number of hydrogen-bond acceptors (Lipinski definition) is 2. The van der Waals surface area contributed by atoms with Gasteiger partial charge in [0.1, 0.15) is 5.82 Å². The van der Waals surface area contributed by atoms with E-state index in [-0.39, 0.29) is 0 Å². The number of halogens is 1. The molecule has 0 amide bonds. The van der Waals surface area contributed by atoms with Gasteiger partial charge in [0.05, 0.1) is 12.2 Å². The number of aryl methyl sites for hydroxylation is 1. The number of nitrogen functional groups attached to an aromatic ring is 1. The molecule has 0 aliphatic carbocycles. The molecule has 3 nitrogen and oxygen atoms in total. The van der Waals surface area contributed by atoms with E-state index in [0.717, 1.165) is 15.7 Å². The van der Waals surface area contributed by atoms with E-state index in [0.29, 0.717) is 12.4 Å². The van der Waals surface area contributed by atoms with E-state index in [9.17, 15) is 0 Å². The Hall–Kier alpha value is -2.07. The summed E-state index contributed by atoms with van der Waals surface area (Å²) in [5.41, 5.74) is 10.5. The molecule has 1 aromatic heterocycles. The van der Waals surface area contributed by atoms with Crippen LogP contribution in [-0.2, 0) is 6.54 Å². The van der Waals surface area contributed by atoms with Crippen molar-refractivity contribution >= 4 is 21.7 Å². The molecule has 0 atom stereocenters. The fourth-order valence-corrected chi connectivity index (χ4v) is 2.45. The summed E-state index contributed by atoms with van der Waals surface area (Å²) in [6, 6.07) is 18.4.